The average Bonchev–Trinajstić information content (AvgIpc) is 2.57. The molecule has 0 fully saturated rings. The fourth-order valence-corrected chi connectivity index (χ4v) is 2.09. The van der Waals surface area contributed by atoms with Crippen molar-refractivity contribution in [3.05, 3.63) is 79.9 Å². The van der Waals surface area contributed by atoms with Gasteiger partial charge in [-0.3, -0.25) is 0 Å². The van der Waals surface area contributed by atoms with E-state index >= 15 is 0 Å². The van der Waals surface area contributed by atoms with Crippen molar-refractivity contribution in [1.29, 1.82) is 5.39 Å². The van der Waals surface area contributed by atoms with E-state index in [0.717, 1.165) is 10.4 Å². The molecule has 0 atom stereocenters. The lowest BCUT2D eigenvalue weighted by Gasteiger charge is -1.97. The summed E-state index contributed by atoms with van der Waals surface area (Å²) >= 11 is 0. The fourth-order valence-electron chi connectivity index (χ4n) is 2.09. The summed E-state index contributed by atoms with van der Waals surface area (Å²) in [6, 6.07) is 12.5. The molecule has 0 saturated heterocycles. The monoisotopic (exact) mass is 322 g/mol. The second-order valence-corrected chi connectivity index (χ2v) is 4.66. The smallest absolute Gasteiger partial charge is 0.475 e. The summed E-state index contributed by atoms with van der Waals surface area (Å²) in [6.45, 7) is 0. The lowest BCUT2D eigenvalue weighted by atomic mass is 10.1. The Morgan fingerprint density at radius 1 is 0.875 bits per heavy atom. The lowest BCUT2D eigenvalue weighted by molar-refractivity contribution is -0.131. The maximum Gasteiger partial charge on any atom is 0.475 e. The molecule has 2 N–H and O–H groups in total. The summed E-state index contributed by atoms with van der Waals surface area (Å²) in [6.07, 6.45) is 0. The van der Waals surface area contributed by atoms with Crippen LogP contribution in [-0.2, 0) is 9.59 Å². The van der Waals surface area contributed by atoms with E-state index in [-0.39, 0.29) is 10.4 Å². The van der Waals surface area contributed by atoms with Gasteiger partial charge in [0.2, 0.25) is 5.39 Å². The number of carboxylic acid groups (broad SMARTS) is 2. The maximum atomic E-state index is 10.9. The minimum atomic E-state index is -1.35. The molecule has 0 unspecified atom stereocenters. The van der Waals surface area contributed by atoms with Crippen LogP contribution in [-0.4, -0.2) is 22.2 Å². The minimum Gasteiger partial charge on any atom is -0.706 e. The molecule has 0 aliphatic rings. The molecule has 118 valence electrons. The molecule has 8 nitrogen and oxygen atoms in total. The molecule has 8 heteroatoms. The number of rotatable bonds is 3. The lowest BCUT2D eigenvalue weighted by Crippen LogP contribution is -2.11. The van der Waals surface area contributed by atoms with Gasteiger partial charge in [-0.1, -0.05) is 36.4 Å². The number of aliphatic carboxylic acids is 2. The molecule has 0 amide bonds. The minimum absolute atomic E-state index is 0.242. The molecule has 0 saturated carbocycles. The first-order valence-corrected chi connectivity index (χ1v) is 6.60. The van der Waals surface area contributed by atoms with E-state index in [1.165, 1.54) is 24.3 Å². The summed E-state index contributed by atoms with van der Waals surface area (Å²) in [5.74, 6) is -2.70. The van der Waals surface area contributed by atoms with E-state index in [9.17, 15) is 9.59 Å². The Morgan fingerprint density at radius 2 is 1.33 bits per heavy atom. The van der Waals surface area contributed by atoms with Gasteiger partial charge in [0.05, 0.1) is 5.22 Å². The molecular formula is C16H10N4O4. The second-order valence-electron chi connectivity index (χ2n) is 4.66. The average molecular weight is 322 g/mol. The van der Waals surface area contributed by atoms with Gasteiger partial charge in [0.15, 0.2) is 4.98 Å². The highest BCUT2D eigenvalue weighted by Gasteiger charge is 2.21. The maximum absolute atomic E-state index is 10.9. The van der Waals surface area contributed by atoms with Gasteiger partial charge in [0, 0.05) is 5.22 Å². The number of hydrogen-bond acceptors (Lipinski definition) is 4. The van der Waals surface area contributed by atoms with Crippen LogP contribution < -0.4 is 10.4 Å². The Kier molecular flexibility index (Phi) is 4.77. The largest absolute Gasteiger partial charge is 0.706 e. The molecule has 0 bridgehead atoms. The highest BCUT2D eigenvalue weighted by Crippen LogP contribution is 1.99. The van der Waals surface area contributed by atoms with Gasteiger partial charge in [-0.25, -0.2) is 9.59 Å². The first-order chi connectivity index (χ1) is 11.5. The molecule has 0 aromatic heterocycles. The highest BCUT2D eigenvalue weighted by atomic mass is 16.4. The van der Waals surface area contributed by atoms with Crippen LogP contribution in [0.15, 0.2) is 53.6 Å². The van der Waals surface area contributed by atoms with Crippen LogP contribution >= 0.6 is 0 Å². The summed E-state index contributed by atoms with van der Waals surface area (Å²) in [5, 5.41) is 31.2. The summed E-state index contributed by atoms with van der Waals surface area (Å²) in [4.78, 5) is 24.5. The standard InChI is InChI=1S/C16H10N4O4/c17-19-13(15(21)22)11-5-1-9(2-6-11)10-3-7-12(8-4-10)14(20-18)16(23)24/h1-8H,(H,21,22)(H,23,24). The summed E-state index contributed by atoms with van der Waals surface area (Å²) in [7, 11) is 0. The zero-order valence-electron chi connectivity index (χ0n) is 12.1. The van der Waals surface area contributed by atoms with Crippen LogP contribution in [0.1, 0.15) is 0 Å². The van der Waals surface area contributed by atoms with Crippen molar-refractivity contribution in [3.8, 4) is 0 Å². The number of nitrogens with zero attached hydrogens (tertiary/aromatic N) is 4. The zero-order chi connectivity index (χ0) is 17.7. The Hall–Kier alpha value is -3.86. The number of hydrogen-bond donors (Lipinski definition) is 2. The Bertz CT molecular complexity index is 1050. The zero-order valence-corrected chi connectivity index (χ0v) is 12.1. The van der Waals surface area contributed by atoms with E-state index in [0.29, 0.717) is 0 Å². The number of diazo groups is 1. The highest BCUT2D eigenvalue weighted by molar-refractivity contribution is 6.10. The third kappa shape index (κ3) is 3.31. The van der Waals surface area contributed by atoms with E-state index in [4.69, 9.17) is 21.1 Å². The molecule has 24 heavy (non-hydrogen) atoms. The van der Waals surface area contributed by atoms with Crippen LogP contribution in [0.2, 0.25) is 0 Å². The van der Waals surface area contributed by atoms with Crippen molar-refractivity contribution in [2.75, 3.05) is 0 Å². The number of carboxylic acids is 2. The van der Waals surface area contributed by atoms with E-state index in [2.05, 4.69) is 10.1 Å². The molecule has 2 aromatic carbocycles. The van der Waals surface area contributed by atoms with Crippen LogP contribution in [0, 0.1) is 15.8 Å². The van der Waals surface area contributed by atoms with Crippen LogP contribution in [0.5, 0.6) is 0 Å². The predicted molar refractivity (Wildman–Crippen MR) is 82.8 cm³/mol. The van der Waals surface area contributed by atoms with Crippen molar-refractivity contribution in [1.82, 2.24) is 0 Å². The van der Waals surface area contributed by atoms with Crippen molar-refractivity contribution >= 4 is 23.3 Å². The quantitative estimate of drug-likeness (QED) is 0.646. The molecule has 0 radical (unpaired) electrons. The molecule has 2 aromatic rings. The van der Waals surface area contributed by atoms with Gasteiger partial charge >= 0.3 is 17.6 Å². The molecule has 0 spiro atoms. The molecular weight excluding hydrogens is 312 g/mol. The Labute approximate surface area is 134 Å². The van der Waals surface area contributed by atoms with Crippen molar-refractivity contribution in [2.45, 2.75) is 0 Å². The fraction of sp³-hybridized carbons (Fsp3) is 0. The molecule has 2 rings (SSSR count). The van der Waals surface area contributed by atoms with E-state index in [1.54, 1.807) is 24.3 Å². The van der Waals surface area contributed by atoms with Gasteiger partial charge < -0.3 is 20.9 Å². The van der Waals surface area contributed by atoms with E-state index in [1.807, 2.05) is 0 Å². The topological polar surface area (TPSA) is 137 Å². The van der Waals surface area contributed by atoms with Gasteiger partial charge in [-0.2, -0.15) is 0 Å². The first kappa shape index (κ1) is 16.5. The number of benzene rings is 2. The third-order valence-corrected chi connectivity index (χ3v) is 3.26. The molecule has 0 heterocycles. The number of carbonyl (C=O) groups is 2. The van der Waals surface area contributed by atoms with Crippen LogP contribution in [0.3, 0.4) is 0 Å². The SMILES string of the molecule is N#[N+]C(C(=O)O)=c1ccc(=c2ccc(=C(N=[N-])C(=O)O)cc2)cc1. The van der Waals surface area contributed by atoms with Crippen molar-refractivity contribution in [2.24, 2.45) is 5.11 Å². The molecule has 0 aliphatic carbocycles. The van der Waals surface area contributed by atoms with Crippen LogP contribution in [0.25, 0.3) is 21.9 Å². The van der Waals surface area contributed by atoms with Gasteiger partial charge in [0.1, 0.15) is 5.70 Å². The first-order valence-electron chi connectivity index (χ1n) is 6.60. The van der Waals surface area contributed by atoms with Crippen molar-refractivity contribution in [3.63, 3.8) is 0 Å². The normalized spacial score (nSPS) is 9.62. The second kappa shape index (κ2) is 6.93. The van der Waals surface area contributed by atoms with Gasteiger partial charge in [0.25, 0.3) is 0 Å². The van der Waals surface area contributed by atoms with Crippen molar-refractivity contribution < 1.29 is 19.8 Å². The Morgan fingerprint density at radius 3 is 1.67 bits per heavy atom. The van der Waals surface area contributed by atoms with Gasteiger partial charge in [-0.15, -0.1) is 0 Å². The van der Waals surface area contributed by atoms with Crippen LogP contribution in [0.4, 0.5) is 0 Å². The Balaban J connectivity index is 2.68. The summed E-state index contributed by atoms with van der Waals surface area (Å²) in [5.41, 5.74) is 7.77. The molecule has 0 aliphatic heterocycles. The van der Waals surface area contributed by atoms with E-state index < -0.39 is 23.3 Å². The predicted octanol–water partition coefficient (Wildman–Crippen LogP) is 1.23. The third-order valence-electron chi connectivity index (χ3n) is 3.26. The van der Waals surface area contributed by atoms with Gasteiger partial charge in [-0.05, 0) is 22.6 Å². The summed E-state index contributed by atoms with van der Waals surface area (Å²) < 4.78 is 0.